The number of hydrogen-bond acceptors (Lipinski definition) is 7. The number of rotatable bonds is 5. The molecule has 166 valence electrons. The number of Topliss-reactive ketones (excluding diaryl/α,β-unsaturated/α-hetero) is 1. The van der Waals surface area contributed by atoms with E-state index in [1.807, 2.05) is 31.2 Å². The molecule has 8 heteroatoms. The normalized spacial score (nSPS) is 15.2. The van der Waals surface area contributed by atoms with Crippen molar-refractivity contribution in [3.8, 4) is 5.75 Å². The molecule has 0 N–H and O–H groups in total. The average Bonchev–Trinajstić information content (AvgIpc) is 3.32. The van der Waals surface area contributed by atoms with Gasteiger partial charge in [0.25, 0.3) is 5.91 Å². The Morgan fingerprint density at radius 2 is 1.97 bits per heavy atom. The number of para-hydroxylation sites is 1. The minimum Gasteiger partial charge on any atom is -0.494 e. The first kappa shape index (κ1) is 21.1. The SMILES string of the molecule is CCOc1cccc(C2c3c(oc4ccccc4c3=O)C(=O)N2c2nc(C)c(C(C)=O)s2)c1. The highest BCUT2D eigenvalue weighted by molar-refractivity contribution is 7.17. The molecule has 1 atom stereocenters. The first-order chi connectivity index (χ1) is 15.9. The van der Waals surface area contributed by atoms with Crippen LogP contribution in [-0.4, -0.2) is 23.3 Å². The summed E-state index contributed by atoms with van der Waals surface area (Å²) in [7, 11) is 0. The molecule has 5 rings (SSSR count). The Bertz CT molecular complexity index is 1490. The summed E-state index contributed by atoms with van der Waals surface area (Å²) < 4.78 is 11.6. The average molecular weight is 461 g/mol. The van der Waals surface area contributed by atoms with Gasteiger partial charge < -0.3 is 9.15 Å². The van der Waals surface area contributed by atoms with E-state index >= 15 is 0 Å². The molecule has 2 aromatic carbocycles. The van der Waals surface area contributed by atoms with Crippen LogP contribution in [0, 0.1) is 6.92 Å². The molecule has 1 aliphatic heterocycles. The predicted octanol–water partition coefficient (Wildman–Crippen LogP) is 4.91. The fourth-order valence-corrected chi connectivity index (χ4v) is 5.17. The number of ether oxygens (including phenoxy) is 1. The van der Waals surface area contributed by atoms with E-state index in [2.05, 4.69) is 4.98 Å². The van der Waals surface area contributed by atoms with E-state index in [-0.39, 0.29) is 22.5 Å². The second kappa shape index (κ2) is 7.97. The van der Waals surface area contributed by atoms with Gasteiger partial charge in [-0.1, -0.05) is 35.6 Å². The third kappa shape index (κ3) is 3.34. The van der Waals surface area contributed by atoms with Crippen molar-refractivity contribution in [2.24, 2.45) is 0 Å². The minimum absolute atomic E-state index is 0.0114. The number of nitrogens with zero attached hydrogens (tertiary/aromatic N) is 2. The number of amides is 1. The second-order valence-electron chi connectivity index (χ2n) is 7.72. The van der Waals surface area contributed by atoms with Crippen LogP contribution in [0.3, 0.4) is 0 Å². The molecule has 0 fully saturated rings. The highest BCUT2D eigenvalue weighted by Gasteiger charge is 2.45. The number of carbonyl (C=O) groups is 2. The molecule has 0 bridgehead atoms. The van der Waals surface area contributed by atoms with Crippen molar-refractivity contribution in [1.29, 1.82) is 0 Å². The number of carbonyl (C=O) groups excluding carboxylic acids is 2. The molecule has 1 amide bonds. The number of anilines is 1. The molecule has 0 aliphatic carbocycles. The fourth-order valence-electron chi connectivity index (χ4n) is 4.19. The molecule has 0 saturated heterocycles. The number of ketones is 1. The van der Waals surface area contributed by atoms with Gasteiger partial charge in [0, 0.05) is 6.92 Å². The lowest BCUT2D eigenvalue weighted by Gasteiger charge is -2.23. The highest BCUT2D eigenvalue weighted by atomic mass is 32.1. The third-order valence-corrected chi connectivity index (χ3v) is 6.83. The van der Waals surface area contributed by atoms with Crippen molar-refractivity contribution in [1.82, 2.24) is 4.98 Å². The number of fused-ring (bicyclic) bond motifs is 2. The maximum Gasteiger partial charge on any atom is 0.297 e. The monoisotopic (exact) mass is 460 g/mol. The van der Waals surface area contributed by atoms with Gasteiger partial charge in [-0.05, 0) is 43.7 Å². The molecule has 0 spiro atoms. The Kier molecular flexibility index (Phi) is 5.09. The van der Waals surface area contributed by atoms with Crippen molar-refractivity contribution in [3.63, 3.8) is 0 Å². The molecule has 1 aliphatic rings. The van der Waals surface area contributed by atoms with Crippen LogP contribution in [0.1, 0.15) is 56.9 Å². The van der Waals surface area contributed by atoms with Gasteiger partial charge in [-0.3, -0.25) is 19.3 Å². The van der Waals surface area contributed by atoms with Gasteiger partial charge in [0.1, 0.15) is 11.3 Å². The van der Waals surface area contributed by atoms with E-state index in [4.69, 9.17) is 9.15 Å². The van der Waals surface area contributed by atoms with Crippen molar-refractivity contribution in [2.45, 2.75) is 26.8 Å². The summed E-state index contributed by atoms with van der Waals surface area (Å²) in [5, 5.41) is 0.737. The lowest BCUT2D eigenvalue weighted by Crippen LogP contribution is -2.29. The van der Waals surface area contributed by atoms with E-state index in [1.165, 1.54) is 11.8 Å². The topological polar surface area (TPSA) is 89.7 Å². The van der Waals surface area contributed by atoms with Crippen molar-refractivity contribution < 1.29 is 18.7 Å². The van der Waals surface area contributed by atoms with Gasteiger partial charge >= 0.3 is 0 Å². The Morgan fingerprint density at radius 3 is 2.70 bits per heavy atom. The maximum absolute atomic E-state index is 13.6. The fraction of sp³-hybridized carbons (Fsp3) is 0.200. The number of benzene rings is 2. The number of aromatic nitrogens is 1. The molecule has 7 nitrogen and oxygen atoms in total. The molecule has 0 radical (unpaired) electrons. The predicted molar refractivity (Wildman–Crippen MR) is 126 cm³/mol. The molecule has 0 saturated carbocycles. The van der Waals surface area contributed by atoms with E-state index in [9.17, 15) is 14.4 Å². The lowest BCUT2D eigenvalue weighted by atomic mass is 9.98. The lowest BCUT2D eigenvalue weighted by molar-refractivity contribution is 0.0969. The van der Waals surface area contributed by atoms with Gasteiger partial charge in [-0.2, -0.15) is 0 Å². The Hall–Kier alpha value is -3.78. The summed E-state index contributed by atoms with van der Waals surface area (Å²) >= 11 is 1.13. The Balaban J connectivity index is 1.78. The number of aryl methyl sites for hydroxylation is 1. The number of hydrogen-bond donors (Lipinski definition) is 0. The Morgan fingerprint density at radius 1 is 1.18 bits per heavy atom. The summed E-state index contributed by atoms with van der Waals surface area (Å²) in [6.07, 6.45) is 0. The standard InChI is InChI=1S/C25H20N2O5S/c1-4-31-16-9-7-8-15(12-16)20-19-21(29)17-10-5-6-11-18(17)32-22(19)24(30)27(20)25-26-13(2)23(33-25)14(3)28/h5-12,20H,4H2,1-3H3. The van der Waals surface area contributed by atoms with Crippen LogP contribution in [-0.2, 0) is 0 Å². The maximum atomic E-state index is 13.6. The molecule has 4 aromatic rings. The van der Waals surface area contributed by atoms with Crippen molar-refractivity contribution >= 4 is 39.1 Å². The van der Waals surface area contributed by atoms with Gasteiger partial charge in [-0.25, -0.2) is 4.98 Å². The van der Waals surface area contributed by atoms with Gasteiger partial charge in [-0.15, -0.1) is 0 Å². The third-order valence-electron chi connectivity index (χ3n) is 5.57. The first-order valence-electron chi connectivity index (χ1n) is 10.5. The first-order valence-corrected chi connectivity index (χ1v) is 11.3. The minimum atomic E-state index is -0.765. The van der Waals surface area contributed by atoms with Gasteiger partial charge in [0.15, 0.2) is 16.3 Å². The largest absolute Gasteiger partial charge is 0.494 e. The van der Waals surface area contributed by atoms with Crippen molar-refractivity contribution in [2.75, 3.05) is 11.5 Å². The molecule has 1 unspecified atom stereocenters. The summed E-state index contributed by atoms with van der Waals surface area (Å²) in [5.41, 5.74) is 1.56. The smallest absolute Gasteiger partial charge is 0.297 e. The van der Waals surface area contributed by atoms with Gasteiger partial charge in [0.05, 0.1) is 34.2 Å². The summed E-state index contributed by atoms with van der Waals surface area (Å²) in [6.45, 7) is 5.56. The van der Waals surface area contributed by atoms with Crippen LogP contribution in [0.25, 0.3) is 11.0 Å². The molecule has 2 aromatic heterocycles. The molecular weight excluding hydrogens is 440 g/mol. The Labute approximate surface area is 193 Å². The van der Waals surface area contributed by atoms with E-state index in [1.54, 1.807) is 31.2 Å². The van der Waals surface area contributed by atoms with Crippen LogP contribution >= 0.6 is 11.3 Å². The summed E-state index contributed by atoms with van der Waals surface area (Å²) in [5.74, 6) is 0.0160. The van der Waals surface area contributed by atoms with E-state index in [0.717, 1.165) is 11.3 Å². The van der Waals surface area contributed by atoms with Crippen LogP contribution in [0.15, 0.2) is 57.7 Å². The van der Waals surface area contributed by atoms with Gasteiger partial charge in [0.2, 0.25) is 5.76 Å². The second-order valence-corrected chi connectivity index (χ2v) is 8.70. The van der Waals surface area contributed by atoms with E-state index < -0.39 is 11.9 Å². The van der Waals surface area contributed by atoms with Crippen LogP contribution < -0.4 is 15.1 Å². The number of thiazole rings is 1. The van der Waals surface area contributed by atoms with Crippen LogP contribution in [0.2, 0.25) is 0 Å². The van der Waals surface area contributed by atoms with Crippen LogP contribution in [0.5, 0.6) is 5.75 Å². The van der Waals surface area contributed by atoms with Crippen LogP contribution in [0.4, 0.5) is 5.13 Å². The zero-order valence-electron chi connectivity index (χ0n) is 18.2. The van der Waals surface area contributed by atoms with E-state index in [0.29, 0.717) is 44.6 Å². The molecule has 33 heavy (non-hydrogen) atoms. The summed E-state index contributed by atoms with van der Waals surface area (Å²) in [6, 6.07) is 13.4. The summed E-state index contributed by atoms with van der Waals surface area (Å²) in [4.78, 5) is 45.7. The zero-order valence-corrected chi connectivity index (χ0v) is 19.1. The highest BCUT2D eigenvalue weighted by Crippen LogP contribution is 2.43. The molecular formula is C25H20N2O5S. The zero-order chi connectivity index (χ0) is 23.3. The van der Waals surface area contributed by atoms with Crippen molar-refractivity contribution in [3.05, 3.63) is 86.2 Å². The quantitative estimate of drug-likeness (QED) is 0.393. The molecule has 3 heterocycles.